The number of aromatic nitrogens is 2. The first kappa shape index (κ1) is 14.4. The predicted octanol–water partition coefficient (Wildman–Crippen LogP) is 2.68. The van der Waals surface area contributed by atoms with Crippen molar-refractivity contribution in [1.82, 2.24) is 9.97 Å². The standard InChI is InChI=1S/C16H20N4O2/c1-21-13-6-3-11(9-14(13)22-2)10-18-15-7-8-17-16(20-15)19-12-4-5-12/h3,6-9,12H,4-5,10H2,1-2H3,(H2,17,18,19,20). The molecule has 1 aromatic heterocycles. The SMILES string of the molecule is COc1ccc(CNc2ccnc(NC3CC3)n2)cc1OC. The molecule has 6 heteroatoms. The normalized spacial score (nSPS) is 13.5. The van der Waals surface area contributed by atoms with Crippen molar-refractivity contribution in [3.63, 3.8) is 0 Å². The summed E-state index contributed by atoms with van der Waals surface area (Å²) in [5, 5.41) is 6.59. The molecule has 0 bridgehead atoms. The van der Waals surface area contributed by atoms with Crippen molar-refractivity contribution >= 4 is 11.8 Å². The Balaban J connectivity index is 1.64. The first-order valence-corrected chi connectivity index (χ1v) is 7.33. The molecule has 1 fully saturated rings. The highest BCUT2D eigenvalue weighted by Crippen LogP contribution is 2.28. The lowest BCUT2D eigenvalue weighted by Gasteiger charge is -2.11. The highest BCUT2D eigenvalue weighted by molar-refractivity contribution is 5.45. The minimum Gasteiger partial charge on any atom is -0.493 e. The summed E-state index contributed by atoms with van der Waals surface area (Å²) in [4.78, 5) is 8.68. The summed E-state index contributed by atoms with van der Waals surface area (Å²) >= 11 is 0. The van der Waals surface area contributed by atoms with Gasteiger partial charge in [-0.25, -0.2) is 4.98 Å². The molecule has 0 saturated heterocycles. The summed E-state index contributed by atoms with van der Waals surface area (Å²) in [5.74, 6) is 2.93. The number of benzene rings is 1. The second-order valence-corrected chi connectivity index (χ2v) is 5.23. The Kier molecular flexibility index (Phi) is 4.27. The number of ether oxygens (including phenoxy) is 2. The molecule has 1 heterocycles. The Morgan fingerprint density at radius 2 is 1.95 bits per heavy atom. The van der Waals surface area contributed by atoms with Crippen LogP contribution in [0.1, 0.15) is 18.4 Å². The lowest BCUT2D eigenvalue weighted by atomic mass is 10.2. The van der Waals surface area contributed by atoms with Crippen molar-refractivity contribution in [2.75, 3.05) is 24.9 Å². The van der Waals surface area contributed by atoms with Gasteiger partial charge in [0.1, 0.15) is 5.82 Å². The van der Waals surface area contributed by atoms with Crippen LogP contribution in [0.4, 0.5) is 11.8 Å². The average Bonchev–Trinajstić information content (AvgIpc) is 3.37. The maximum absolute atomic E-state index is 5.31. The van der Waals surface area contributed by atoms with E-state index in [9.17, 15) is 0 Å². The molecule has 1 aliphatic rings. The van der Waals surface area contributed by atoms with Crippen LogP contribution in [0.15, 0.2) is 30.5 Å². The fourth-order valence-corrected chi connectivity index (χ4v) is 2.12. The molecule has 116 valence electrons. The summed E-state index contributed by atoms with van der Waals surface area (Å²) in [6, 6.07) is 8.26. The van der Waals surface area contributed by atoms with Gasteiger partial charge < -0.3 is 20.1 Å². The molecule has 0 atom stereocenters. The molecule has 1 aromatic carbocycles. The van der Waals surface area contributed by atoms with Crippen LogP contribution in [-0.4, -0.2) is 30.2 Å². The number of nitrogens with one attached hydrogen (secondary N) is 2. The number of methoxy groups -OCH3 is 2. The lowest BCUT2D eigenvalue weighted by molar-refractivity contribution is 0.354. The number of nitrogens with zero attached hydrogens (tertiary/aromatic N) is 2. The molecule has 0 spiro atoms. The van der Waals surface area contributed by atoms with Gasteiger partial charge >= 0.3 is 0 Å². The third kappa shape index (κ3) is 3.58. The van der Waals surface area contributed by atoms with Gasteiger partial charge in [-0.05, 0) is 36.6 Å². The van der Waals surface area contributed by atoms with E-state index < -0.39 is 0 Å². The zero-order chi connectivity index (χ0) is 15.4. The van der Waals surface area contributed by atoms with E-state index in [0.29, 0.717) is 18.5 Å². The maximum Gasteiger partial charge on any atom is 0.224 e. The van der Waals surface area contributed by atoms with Gasteiger partial charge in [-0.3, -0.25) is 0 Å². The zero-order valence-electron chi connectivity index (χ0n) is 12.8. The van der Waals surface area contributed by atoms with Gasteiger partial charge in [0, 0.05) is 18.8 Å². The van der Waals surface area contributed by atoms with E-state index in [1.807, 2.05) is 24.3 Å². The van der Waals surface area contributed by atoms with Crippen molar-refractivity contribution in [1.29, 1.82) is 0 Å². The Labute approximate surface area is 129 Å². The number of hydrogen-bond donors (Lipinski definition) is 2. The Morgan fingerprint density at radius 1 is 1.14 bits per heavy atom. The summed E-state index contributed by atoms with van der Waals surface area (Å²) in [6.45, 7) is 0.653. The molecular formula is C16H20N4O2. The van der Waals surface area contributed by atoms with Crippen LogP contribution in [-0.2, 0) is 6.54 Å². The van der Waals surface area contributed by atoms with Gasteiger partial charge in [0.15, 0.2) is 11.5 Å². The van der Waals surface area contributed by atoms with Gasteiger partial charge in [-0.2, -0.15) is 4.98 Å². The van der Waals surface area contributed by atoms with Gasteiger partial charge in [0.25, 0.3) is 0 Å². The highest BCUT2D eigenvalue weighted by Gasteiger charge is 2.21. The third-order valence-corrected chi connectivity index (χ3v) is 3.49. The molecule has 0 amide bonds. The van der Waals surface area contributed by atoms with Crippen molar-refractivity contribution in [3.8, 4) is 11.5 Å². The molecule has 6 nitrogen and oxygen atoms in total. The van der Waals surface area contributed by atoms with Crippen LogP contribution < -0.4 is 20.1 Å². The fourth-order valence-electron chi connectivity index (χ4n) is 2.12. The van der Waals surface area contributed by atoms with Crippen LogP contribution in [0, 0.1) is 0 Å². The Hall–Kier alpha value is -2.50. The predicted molar refractivity (Wildman–Crippen MR) is 85.5 cm³/mol. The molecule has 0 aliphatic heterocycles. The van der Waals surface area contributed by atoms with E-state index in [4.69, 9.17) is 9.47 Å². The second kappa shape index (κ2) is 6.51. The maximum atomic E-state index is 5.31. The molecule has 2 aromatic rings. The third-order valence-electron chi connectivity index (χ3n) is 3.49. The molecular weight excluding hydrogens is 280 g/mol. The molecule has 3 rings (SSSR count). The van der Waals surface area contributed by atoms with E-state index in [0.717, 1.165) is 22.9 Å². The van der Waals surface area contributed by atoms with Crippen molar-refractivity contribution < 1.29 is 9.47 Å². The molecule has 22 heavy (non-hydrogen) atoms. The first-order chi connectivity index (χ1) is 10.8. The smallest absolute Gasteiger partial charge is 0.224 e. The molecule has 0 radical (unpaired) electrons. The van der Waals surface area contributed by atoms with Gasteiger partial charge in [-0.15, -0.1) is 0 Å². The second-order valence-electron chi connectivity index (χ2n) is 5.23. The largest absolute Gasteiger partial charge is 0.493 e. The van der Waals surface area contributed by atoms with Crippen LogP contribution >= 0.6 is 0 Å². The monoisotopic (exact) mass is 300 g/mol. The Bertz CT molecular complexity index is 644. The fraction of sp³-hybridized carbons (Fsp3) is 0.375. The summed E-state index contributed by atoms with van der Waals surface area (Å²) < 4.78 is 10.5. The number of anilines is 2. The topological polar surface area (TPSA) is 68.3 Å². The quantitative estimate of drug-likeness (QED) is 0.819. The molecule has 0 unspecified atom stereocenters. The van der Waals surface area contributed by atoms with Gasteiger partial charge in [0.2, 0.25) is 5.95 Å². The van der Waals surface area contributed by atoms with Crippen molar-refractivity contribution in [3.05, 3.63) is 36.0 Å². The minimum atomic E-state index is 0.543. The summed E-state index contributed by atoms with van der Waals surface area (Å²) in [6.07, 6.45) is 4.16. The Morgan fingerprint density at radius 3 is 2.68 bits per heavy atom. The molecule has 1 saturated carbocycles. The minimum absolute atomic E-state index is 0.543. The van der Waals surface area contributed by atoms with E-state index in [2.05, 4.69) is 20.6 Å². The van der Waals surface area contributed by atoms with Crippen LogP contribution in [0.25, 0.3) is 0 Å². The molecule has 2 N–H and O–H groups in total. The van der Waals surface area contributed by atoms with Gasteiger partial charge in [0.05, 0.1) is 14.2 Å². The van der Waals surface area contributed by atoms with E-state index >= 15 is 0 Å². The first-order valence-electron chi connectivity index (χ1n) is 7.33. The van der Waals surface area contributed by atoms with Crippen LogP contribution in [0.5, 0.6) is 11.5 Å². The summed E-state index contributed by atoms with van der Waals surface area (Å²) in [7, 11) is 3.26. The average molecular weight is 300 g/mol. The van der Waals surface area contributed by atoms with Crippen molar-refractivity contribution in [2.45, 2.75) is 25.4 Å². The van der Waals surface area contributed by atoms with Crippen LogP contribution in [0.3, 0.4) is 0 Å². The number of rotatable bonds is 7. The number of hydrogen-bond acceptors (Lipinski definition) is 6. The lowest BCUT2D eigenvalue weighted by Crippen LogP contribution is -2.08. The van der Waals surface area contributed by atoms with Gasteiger partial charge in [-0.1, -0.05) is 6.07 Å². The molecule has 1 aliphatic carbocycles. The highest BCUT2D eigenvalue weighted by atomic mass is 16.5. The van der Waals surface area contributed by atoms with E-state index in [1.54, 1.807) is 20.4 Å². The summed E-state index contributed by atoms with van der Waals surface area (Å²) in [5.41, 5.74) is 1.09. The van der Waals surface area contributed by atoms with E-state index in [-0.39, 0.29) is 0 Å². The van der Waals surface area contributed by atoms with E-state index in [1.165, 1.54) is 12.8 Å². The zero-order valence-corrected chi connectivity index (χ0v) is 12.8. The van der Waals surface area contributed by atoms with Crippen LogP contribution in [0.2, 0.25) is 0 Å². The van der Waals surface area contributed by atoms with Crippen molar-refractivity contribution in [2.24, 2.45) is 0 Å².